The quantitative estimate of drug-likeness (QED) is 0.657. The maximum absolute atomic E-state index is 5.69. The van der Waals surface area contributed by atoms with Gasteiger partial charge in [0, 0.05) is 13.2 Å². The third-order valence-corrected chi connectivity index (χ3v) is 3.05. The van der Waals surface area contributed by atoms with Gasteiger partial charge in [-0.1, -0.05) is 33.1 Å². The molecule has 90 valence electrons. The molecule has 0 aromatic carbocycles. The fraction of sp³-hybridized carbons (Fsp3) is 1.00. The molecule has 0 atom stereocenters. The van der Waals surface area contributed by atoms with Crippen LogP contribution in [0.2, 0.25) is 0 Å². The molecule has 0 heterocycles. The standard InChI is InChI=1S/C13H27NO/c1-12(2)10-14-8-9-15-11-13-6-4-3-5-7-13/h12-14H,3-11H2,1-2H3. The Bertz CT molecular complexity index is 141. The predicted octanol–water partition coefficient (Wildman–Crippen LogP) is 2.83. The smallest absolute Gasteiger partial charge is 0.0591 e. The summed E-state index contributed by atoms with van der Waals surface area (Å²) in [5.74, 6) is 1.59. The zero-order valence-corrected chi connectivity index (χ0v) is 10.4. The van der Waals surface area contributed by atoms with Gasteiger partial charge < -0.3 is 10.1 Å². The Hall–Kier alpha value is -0.0800. The second kappa shape index (κ2) is 8.12. The highest BCUT2D eigenvalue weighted by Crippen LogP contribution is 2.23. The van der Waals surface area contributed by atoms with E-state index in [9.17, 15) is 0 Å². The molecule has 0 unspecified atom stereocenters. The minimum absolute atomic E-state index is 0.739. The number of hydrogen-bond acceptors (Lipinski definition) is 2. The minimum Gasteiger partial charge on any atom is -0.380 e. The molecular weight excluding hydrogens is 186 g/mol. The Morgan fingerprint density at radius 3 is 2.60 bits per heavy atom. The molecule has 1 aliphatic carbocycles. The van der Waals surface area contributed by atoms with Crippen molar-refractivity contribution < 1.29 is 4.74 Å². The number of rotatable bonds is 7. The van der Waals surface area contributed by atoms with E-state index in [2.05, 4.69) is 19.2 Å². The van der Waals surface area contributed by atoms with Crippen LogP contribution in [-0.4, -0.2) is 26.3 Å². The van der Waals surface area contributed by atoms with E-state index < -0.39 is 0 Å². The Morgan fingerprint density at radius 2 is 1.93 bits per heavy atom. The molecule has 0 aromatic rings. The molecule has 1 aliphatic rings. The first kappa shape index (κ1) is 13.0. The first-order chi connectivity index (χ1) is 7.29. The van der Waals surface area contributed by atoms with Gasteiger partial charge >= 0.3 is 0 Å². The summed E-state index contributed by atoms with van der Waals surface area (Å²) in [6.45, 7) is 8.44. The normalized spacial score (nSPS) is 18.6. The monoisotopic (exact) mass is 213 g/mol. The van der Waals surface area contributed by atoms with Crippen LogP contribution in [0.4, 0.5) is 0 Å². The summed E-state index contributed by atoms with van der Waals surface area (Å²) >= 11 is 0. The van der Waals surface area contributed by atoms with E-state index in [0.29, 0.717) is 0 Å². The van der Waals surface area contributed by atoms with Gasteiger partial charge in [-0.15, -0.1) is 0 Å². The Labute approximate surface area is 94.8 Å². The fourth-order valence-electron chi connectivity index (χ4n) is 2.14. The Kier molecular flexibility index (Phi) is 7.03. The van der Waals surface area contributed by atoms with Gasteiger partial charge in [0.15, 0.2) is 0 Å². The fourth-order valence-corrected chi connectivity index (χ4v) is 2.14. The molecule has 1 fully saturated rings. The van der Waals surface area contributed by atoms with E-state index in [1.165, 1.54) is 32.1 Å². The van der Waals surface area contributed by atoms with Crippen molar-refractivity contribution in [1.82, 2.24) is 5.32 Å². The van der Waals surface area contributed by atoms with Gasteiger partial charge in [0.25, 0.3) is 0 Å². The zero-order chi connectivity index (χ0) is 10.9. The van der Waals surface area contributed by atoms with Crippen molar-refractivity contribution in [3.63, 3.8) is 0 Å². The predicted molar refractivity (Wildman–Crippen MR) is 65.1 cm³/mol. The lowest BCUT2D eigenvalue weighted by atomic mass is 9.90. The Morgan fingerprint density at radius 1 is 1.20 bits per heavy atom. The Balaban J connectivity index is 1.83. The summed E-state index contributed by atoms with van der Waals surface area (Å²) in [6.07, 6.45) is 7.05. The average molecular weight is 213 g/mol. The van der Waals surface area contributed by atoms with Crippen LogP contribution in [0.5, 0.6) is 0 Å². The molecule has 1 saturated carbocycles. The highest BCUT2D eigenvalue weighted by molar-refractivity contribution is 4.64. The summed E-state index contributed by atoms with van der Waals surface area (Å²) in [5, 5.41) is 3.40. The number of hydrogen-bond donors (Lipinski definition) is 1. The SMILES string of the molecule is CC(C)CNCCOCC1CCCCC1. The van der Waals surface area contributed by atoms with E-state index in [4.69, 9.17) is 4.74 Å². The van der Waals surface area contributed by atoms with E-state index in [1.54, 1.807) is 0 Å². The molecule has 2 heteroatoms. The van der Waals surface area contributed by atoms with Crippen LogP contribution < -0.4 is 5.32 Å². The third-order valence-electron chi connectivity index (χ3n) is 3.05. The second-order valence-corrected chi connectivity index (χ2v) is 5.18. The first-order valence-corrected chi connectivity index (χ1v) is 6.57. The number of ether oxygens (including phenoxy) is 1. The van der Waals surface area contributed by atoms with Crippen LogP contribution in [-0.2, 0) is 4.74 Å². The van der Waals surface area contributed by atoms with E-state index >= 15 is 0 Å². The van der Waals surface area contributed by atoms with Gasteiger partial charge in [0.05, 0.1) is 6.61 Å². The highest BCUT2D eigenvalue weighted by Gasteiger charge is 2.12. The van der Waals surface area contributed by atoms with Gasteiger partial charge in [-0.05, 0) is 31.2 Å². The van der Waals surface area contributed by atoms with E-state index in [1.807, 2.05) is 0 Å². The molecule has 1 N–H and O–H groups in total. The lowest BCUT2D eigenvalue weighted by Crippen LogP contribution is -2.25. The largest absolute Gasteiger partial charge is 0.380 e. The van der Waals surface area contributed by atoms with E-state index in [-0.39, 0.29) is 0 Å². The van der Waals surface area contributed by atoms with Gasteiger partial charge in [0.2, 0.25) is 0 Å². The van der Waals surface area contributed by atoms with Crippen molar-refractivity contribution in [3.8, 4) is 0 Å². The maximum Gasteiger partial charge on any atom is 0.0591 e. The minimum atomic E-state index is 0.739. The molecule has 1 rings (SSSR count). The molecule has 0 amide bonds. The molecule has 0 aliphatic heterocycles. The van der Waals surface area contributed by atoms with Crippen LogP contribution in [0.15, 0.2) is 0 Å². The lowest BCUT2D eigenvalue weighted by molar-refractivity contribution is 0.0867. The molecule has 0 radical (unpaired) electrons. The molecule has 2 nitrogen and oxygen atoms in total. The van der Waals surface area contributed by atoms with E-state index in [0.717, 1.165) is 38.1 Å². The third kappa shape index (κ3) is 6.91. The molecule has 15 heavy (non-hydrogen) atoms. The second-order valence-electron chi connectivity index (χ2n) is 5.18. The summed E-state index contributed by atoms with van der Waals surface area (Å²) in [7, 11) is 0. The summed E-state index contributed by atoms with van der Waals surface area (Å²) in [4.78, 5) is 0. The van der Waals surface area contributed by atoms with Crippen LogP contribution in [0, 0.1) is 11.8 Å². The molecule has 0 saturated heterocycles. The van der Waals surface area contributed by atoms with Crippen LogP contribution in [0.1, 0.15) is 46.0 Å². The summed E-state index contributed by atoms with van der Waals surface area (Å²) < 4.78 is 5.69. The van der Waals surface area contributed by atoms with Crippen molar-refractivity contribution in [2.24, 2.45) is 11.8 Å². The van der Waals surface area contributed by atoms with Gasteiger partial charge in [-0.3, -0.25) is 0 Å². The summed E-state index contributed by atoms with van der Waals surface area (Å²) in [5.41, 5.74) is 0. The van der Waals surface area contributed by atoms with Crippen LogP contribution >= 0.6 is 0 Å². The van der Waals surface area contributed by atoms with Crippen molar-refractivity contribution in [3.05, 3.63) is 0 Å². The van der Waals surface area contributed by atoms with Crippen molar-refractivity contribution >= 4 is 0 Å². The lowest BCUT2D eigenvalue weighted by Gasteiger charge is -2.21. The number of nitrogens with one attached hydrogen (secondary N) is 1. The topological polar surface area (TPSA) is 21.3 Å². The van der Waals surface area contributed by atoms with Gasteiger partial charge in [-0.2, -0.15) is 0 Å². The molecule has 0 bridgehead atoms. The zero-order valence-electron chi connectivity index (χ0n) is 10.4. The maximum atomic E-state index is 5.69. The van der Waals surface area contributed by atoms with Crippen LogP contribution in [0.3, 0.4) is 0 Å². The van der Waals surface area contributed by atoms with Gasteiger partial charge in [-0.25, -0.2) is 0 Å². The molecular formula is C13H27NO. The summed E-state index contributed by atoms with van der Waals surface area (Å²) in [6, 6.07) is 0. The van der Waals surface area contributed by atoms with Crippen molar-refractivity contribution in [2.75, 3.05) is 26.3 Å². The molecule has 0 aromatic heterocycles. The average Bonchev–Trinajstić information content (AvgIpc) is 2.24. The first-order valence-electron chi connectivity index (χ1n) is 6.57. The highest BCUT2D eigenvalue weighted by atomic mass is 16.5. The van der Waals surface area contributed by atoms with Crippen molar-refractivity contribution in [2.45, 2.75) is 46.0 Å². The van der Waals surface area contributed by atoms with Crippen molar-refractivity contribution in [1.29, 1.82) is 0 Å². The molecule has 0 spiro atoms. The van der Waals surface area contributed by atoms with Gasteiger partial charge in [0.1, 0.15) is 0 Å². The van der Waals surface area contributed by atoms with Crippen LogP contribution in [0.25, 0.3) is 0 Å².